The number of hydrogen-bond donors (Lipinski definition) is 1. The molecule has 0 fully saturated rings. The lowest BCUT2D eigenvalue weighted by molar-refractivity contribution is -0.138. The fraction of sp³-hybridized carbons (Fsp3) is 0.308. The molecule has 0 aliphatic heterocycles. The highest BCUT2D eigenvalue weighted by atomic mass is 35.5. The molecular weight excluding hydrogens is 224 g/mol. The fourth-order valence-corrected chi connectivity index (χ4v) is 2.39. The van der Waals surface area contributed by atoms with Crippen molar-refractivity contribution in [2.45, 2.75) is 24.1 Å². The summed E-state index contributed by atoms with van der Waals surface area (Å²) in [5.41, 5.74) is 1.63. The van der Waals surface area contributed by atoms with Crippen LogP contribution in [0.3, 0.4) is 0 Å². The highest BCUT2D eigenvalue weighted by Gasteiger charge is 2.41. The standard InChI is InChI=1S/C13H13ClO2/c14-13(12(15)16)9-5-4-8-11(13)10-6-2-1-3-7-10/h1-3,6-8H,4-5,9H2,(H,15,16). The van der Waals surface area contributed by atoms with Gasteiger partial charge in [0.2, 0.25) is 0 Å². The molecule has 2 rings (SSSR count). The molecule has 0 bridgehead atoms. The number of rotatable bonds is 2. The van der Waals surface area contributed by atoms with Crippen molar-refractivity contribution in [3.05, 3.63) is 42.0 Å². The molecule has 2 nitrogen and oxygen atoms in total. The third kappa shape index (κ3) is 1.85. The maximum atomic E-state index is 11.3. The van der Waals surface area contributed by atoms with Crippen LogP contribution in [0.4, 0.5) is 0 Å². The van der Waals surface area contributed by atoms with Gasteiger partial charge in [-0.15, -0.1) is 11.6 Å². The summed E-state index contributed by atoms with van der Waals surface area (Å²) in [6, 6.07) is 9.49. The van der Waals surface area contributed by atoms with E-state index in [0.29, 0.717) is 6.42 Å². The van der Waals surface area contributed by atoms with Gasteiger partial charge in [0.1, 0.15) is 0 Å². The minimum Gasteiger partial charge on any atom is -0.480 e. The van der Waals surface area contributed by atoms with Gasteiger partial charge in [0.25, 0.3) is 0 Å². The number of carboxylic acid groups (broad SMARTS) is 1. The van der Waals surface area contributed by atoms with Gasteiger partial charge >= 0.3 is 5.97 Å². The van der Waals surface area contributed by atoms with E-state index >= 15 is 0 Å². The summed E-state index contributed by atoms with van der Waals surface area (Å²) in [6.07, 6.45) is 4.16. The van der Waals surface area contributed by atoms with E-state index in [9.17, 15) is 9.90 Å². The van der Waals surface area contributed by atoms with Gasteiger partial charge in [0.15, 0.2) is 4.87 Å². The van der Waals surface area contributed by atoms with E-state index in [1.165, 1.54) is 0 Å². The van der Waals surface area contributed by atoms with Gasteiger partial charge in [-0.2, -0.15) is 0 Å². The van der Waals surface area contributed by atoms with Crippen LogP contribution in [0, 0.1) is 0 Å². The number of halogens is 1. The molecule has 1 unspecified atom stereocenters. The largest absolute Gasteiger partial charge is 0.480 e. The molecule has 0 heterocycles. The molecule has 0 amide bonds. The van der Waals surface area contributed by atoms with Crippen LogP contribution in [0.5, 0.6) is 0 Å². The molecule has 0 spiro atoms. The van der Waals surface area contributed by atoms with Crippen LogP contribution in [0.1, 0.15) is 24.8 Å². The second-order valence-corrected chi connectivity index (χ2v) is 4.63. The van der Waals surface area contributed by atoms with E-state index in [0.717, 1.165) is 24.0 Å². The Bertz CT molecular complexity index is 425. The summed E-state index contributed by atoms with van der Waals surface area (Å²) in [4.78, 5) is 10.0. The van der Waals surface area contributed by atoms with E-state index < -0.39 is 10.8 Å². The molecule has 0 radical (unpaired) electrons. The minimum absolute atomic E-state index is 0.491. The van der Waals surface area contributed by atoms with Gasteiger partial charge in [-0.1, -0.05) is 36.4 Å². The van der Waals surface area contributed by atoms with Crippen LogP contribution in [0.15, 0.2) is 36.4 Å². The molecule has 3 heteroatoms. The zero-order valence-corrected chi connectivity index (χ0v) is 9.57. The first-order chi connectivity index (χ1) is 7.64. The molecule has 1 aromatic rings. The molecule has 1 aromatic carbocycles. The molecule has 1 N–H and O–H groups in total. The smallest absolute Gasteiger partial charge is 0.329 e. The van der Waals surface area contributed by atoms with Crippen molar-refractivity contribution in [1.29, 1.82) is 0 Å². The first-order valence-electron chi connectivity index (χ1n) is 5.33. The summed E-state index contributed by atoms with van der Waals surface area (Å²) >= 11 is 6.24. The van der Waals surface area contributed by atoms with Gasteiger partial charge in [0.05, 0.1) is 0 Å². The Morgan fingerprint density at radius 3 is 2.62 bits per heavy atom. The zero-order valence-electron chi connectivity index (χ0n) is 8.82. The predicted octanol–water partition coefficient (Wildman–Crippen LogP) is 3.32. The lowest BCUT2D eigenvalue weighted by Crippen LogP contribution is -2.35. The first-order valence-corrected chi connectivity index (χ1v) is 5.71. The molecule has 0 saturated heterocycles. The monoisotopic (exact) mass is 236 g/mol. The average molecular weight is 237 g/mol. The highest BCUT2D eigenvalue weighted by molar-refractivity contribution is 6.40. The molecule has 1 aliphatic carbocycles. The first kappa shape index (κ1) is 11.2. The van der Waals surface area contributed by atoms with Gasteiger partial charge in [0, 0.05) is 0 Å². The quantitative estimate of drug-likeness (QED) is 0.800. The zero-order chi connectivity index (χ0) is 11.6. The Morgan fingerprint density at radius 1 is 1.31 bits per heavy atom. The van der Waals surface area contributed by atoms with Gasteiger partial charge in [-0.05, 0) is 30.4 Å². The summed E-state index contributed by atoms with van der Waals surface area (Å²) < 4.78 is 0. The maximum absolute atomic E-state index is 11.3. The van der Waals surface area contributed by atoms with Crippen LogP contribution in [0.2, 0.25) is 0 Å². The molecule has 0 aromatic heterocycles. The summed E-state index contributed by atoms with van der Waals surface area (Å²) in [5.74, 6) is -0.955. The van der Waals surface area contributed by atoms with E-state index in [1.54, 1.807) is 0 Å². The van der Waals surface area contributed by atoms with Crippen molar-refractivity contribution in [2.24, 2.45) is 0 Å². The van der Waals surface area contributed by atoms with E-state index in [4.69, 9.17) is 11.6 Å². The van der Waals surface area contributed by atoms with Gasteiger partial charge in [-0.25, -0.2) is 4.79 Å². The molecule has 16 heavy (non-hydrogen) atoms. The Labute approximate surface area is 99.5 Å². The SMILES string of the molecule is O=C(O)C1(Cl)CCCC=C1c1ccccc1. The second kappa shape index (κ2) is 4.30. The van der Waals surface area contributed by atoms with E-state index in [1.807, 2.05) is 36.4 Å². The summed E-state index contributed by atoms with van der Waals surface area (Å²) in [6.45, 7) is 0. The van der Waals surface area contributed by atoms with Crippen molar-refractivity contribution in [3.63, 3.8) is 0 Å². The topological polar surface area (TPSA) is 37.3 Å². The summed E-state index contributed by atoms with van der Waals surface area (Å²) in [5, 5.41) is 9.26. The Hall–Kier alpha value is -1.28. The number of alkyl halides is 1. The number of carboxylic acids is 1. The van der Waals surface area contributed by atoms with Crippen molar-refractivity contribution < 1.29 is 9.90 Å². The Kier molecular flexibility index (Phi) is 3.01. The molecule has 0 saturated carbocycles. The molecule has 1 aliphatic rings. The Morgan fingerprint density at radius 2 is 2.00 bits per heavy atom. The average Bonchev–Trinajstić information content (AvgIpc) is 2.30. The molecule has 84 valence electrons. The van der Waals surface area contributed by atoms with Crippen LogP contribution in [0.25, 0.3) is 5.57 Å². The van der Waals surface area contributed by atoms with E-state index in [2.05, 4.69) is 0 Å². The molecular formula is C13H13ClO2. The second-order valence-electron chi connectivity index (χ2n) is 3.98. The van der Waals surface area contributed by atoms with Crippen LogP contribution in [-0.2, 0) is 4.79 Å². The van der Waals surface area contributed by atoms with Crippen molar-refractivity contribution >= 4 is 23.1 Å². The minimum atomic E-state index is -1.25. The Balaban J connectivity index is 2.46. The van der Waals surface area contributed by atoms with Crippen LogP contribution < -0.4 is 0 Å². The maximum Gasteiger partial charge on any atom is 0.329 e. The van der Waals surface area contributed by atoms with Gasteiger partial charge in [-0.3, -0.25) is 0 Å². The number of benzene rings is 1. The van der Waals surface area contributed by atoms with Crippen molar-refractivity contribution in [1.82, 2.24) is 0 Å². The third-order valence-corrected chi connectivity index (χ3v) is 3.48. The number of hydrogen-bond acceptors (Lipinski definition) is 1. The number of aliphatic carboxylic acids is 1. The van der Waals surface area contributed by atoms with Gasteiger partial charge < -0.3 is 5.11 Å². The number of carbonyl (C=O) groups is 1. The van der Waals surface area contributed by atoms with Crippen molar-refractivity contribution in [2.75, 3.05) is 0 Å². The van der Waals surface area contributed by atoms with Crippen LogP contribution in [-0.4, -0.2) is 16.0 Å². The van der Waals surface area contributed by atoms with Crippen molar-refractivity contribution in [3.8, 4) is 0 Å². The van der Waals surface area contributed by atoms with E-state index in [-0.39, 0.29) is 0 Å². The lowest BCUT2D eigenvalue weighted by Gasteiger charge is -2.29. The van der Waals surface area contributed by atoms with Crippen LogP contribution >= 0.6 is 11.6 Å². The highest BCUT2D eigenvalue weighted by Crippen LogP contribution is 2.41. The third-order valence-electron chi connectivity index (χ3n) is 2.92. The normalized spacial score (nSPS) is 24.9. The summed E-state index contributed by atoms with van der Waals surface area (Å²) in [7, 11) is 0. The number of allylic oxidation sites excluding steroid dienone is 1. The molecule has 1 atom stereocenters. The predicted molar refractivity (Wildman–Crippen MR) is 64.5 cm³/mol. The fourth-order valence-electron chi connectivity index (χ4n) is 2.07. The lowest BCUT2D eigenvalue weighted by atomic mass is 9.83.